The number of hydrogen-bond acceptors (Lipinski definition) is 9. The molecule has 2 atom stereocenters. The highest BCUT2D eigenvalue weighted by Crippen LogP contribution is 2.65. The number of benzene rings is 2. The Morgan fingerprint density at radius 3 is 2.77 bits per heavy atom. The van der Waals surface area contributed by atoms with E-state index in [-0.39, 0.29) is 22.5 Å². The molecule has 40 heavy (non-hydrogen) atoms. The Bertz CT molecular complexity index is 1780. The number of hydrogen-bond donors (Lipinski definition) is 3. The topological polar surface area (TPSA) is 148 Å². The van der Waals surface area contributed by atoms with Crippen LogP contribution in [0.1, 0.15) is 29.9 Å². The zero-order chi connectivity index (χ0) is 27.6. The highest BCUT2D eigenvalue weighted by Gasteiger charge is 2.65. The van der Waals surface area contributed by atoms with Gasteiger partial charge < -0.3 is 20.1 Å². The summed E-state index contributed by atoms with van der Waals surface area (Å²) in [5, 5.41) is 14.4. The second-order valence-electron chi connectivity index (χ2n) is 10.0. The number of nitrogens with one attached hydrogen (secondary N) is 3. The minimum Gasteiger partial charge on any atom is -0.497 e. The van der Waals surface area contributed by atoms with Crippen LogP contribution in [0.15, 0.2) is 53.6 Å². The molecule has 13 heteroatoms. The SMILES string of the molecule is COc1ccc2c(c1)[C@]1(C[C@H]1c1ccc3c(Nc4ncc(S(=O)(=O)N5CCCO5)cc4OC)n[nH]c3c1)C(=O)N2. The molecule has 7 rings (SSSR count). The molecule has 206 valence electrons. The van der Waals surface area contributed by atoms with Crippen LogP contribution in [0.3, 0.4) is 0 Å². The number of H-pyrrole nitrogens is 1. The average molecular weight is 563 g/mol. The van der Waals surface area contributed by atoms with E-state index in [1.165, 1.54) is 19.4 Å². The number of hydroxylamine groups is 1. The lowest BCUT2D eigenvalue weighted by Gasteiger charge is -2.15. The van der Waals surface area contributed by atoms with Gasteiger partial charge in [-0.15, -0.1) is 0 Å². The van der Waals surface area contributed by atoms with Gasteiger partial charge in [-0.05, 0) is 54.3 Å². The number of fused-ring (bicyclic) bond motifs is 3. The number of amides is 1. The lowest BCUT2D eigenvalue weighted by Crippen LogP contribution is -2.27. The van der Waals surface area contributed by atoms with E-state index < -0.39 is 15.4 Å². The molecule has 0 unspecified atom stereocenters. The maximum absolute atomic E-state index is 13.0. The molecule has 1 saturated heterocycles. The number of rotatable bonds is 7. The molecule has 0 bridgehead atoms. The molecule has 4 heterocycles. The number of carbonyl (C=O) groups excluding carboxylic acids is 1. The van der Waals surface area contributed by atoms with E-state index in [2.05, 4.69) is 25.8 Å². The molecule has 3 aliphatic rings. The summed E-state index contributed by atoms with van der Waals surface area (Å²) in [6, 6.07) is 13.0. The Kier molecular flexibility index (Phi) is 5.53. The number of methoxy groups -OCH3 is 2. The lowest BCUT2D eigenvalue weighted by atomic mass is 9.91. The zero-order valence-electron chi connectivity index (χ0n) is 21.7. The Morgan fingerprint density at radius 1 is 1.12 bits per heavy atom. The Hall–Kier alpha value is -4.20. The average Bonchev–Trinajstić information content (AvgIpc) is 3.24. The van der Waals surface area contributed by atoms with Crippen LogP contribution in [0, 0.1) is 0 Å². The van der Waals surface area contributed by atoms with Crippen LogP contribution in [-0.4, -0.2) is 61.3 Å². The van der Waals surface area contributed by atoms with Crippen molar-refractivity contribution in [1.82, 2.24) is 19.6 Å². The van der Waals surface area contributed by atoms with Gasteiger partial charge in [0.1, 0.15) is 10.6 Å². The third kappa shape index (κ3) is 3.65. The van der Waals surface area contributed by atoms with Crippen molar-refractivity contribution in [1.29, 1.82) is 0 Å². The van der Waals surface area contributed by atoms with Crippen molar-refractivity contribution < 1.29 is 27.5 Å². The van der Waals surface area contributed by atoms with Crippen molar-refractivity contribution in [2.75, 3.05) is 38.0 Å². The summed E-state index contributed by atoms with van der Waals surface area (Å²) in [4.78, 5) is 22.6. The molecule has 2 aromatic carbocycles. The quantitative estimate of drug-likeness (QED) is 0.308. The van der Waals surface area contributed by atoms with Gasteiger partial charge in [0.15, 0.2) is 17.4 Å². The summed E-state index contributed by atoms with van der Waals surface area (Å²) in [6.45, 7) is 0.646. The normalized spacial score (nSPS) is 21.9. The van der Waals surface area contributed by atoms with Gasteiger partial charge in [-0.25, -0.2) is 13.4 Å². The van der Waals surface area contributed by atoms with Crippen molar-refractivity contribution in [2.45, 2.75) is 29.1 Å². The molecule has 1 spiro atoms. The van der Waals surface area contributed by atoms with Gasteiger partial charge in [0, 0.05) is 35.8 Å². The number of carbonyl (C=O) groups is 1. The van der Waals surface area contributed by atoms with Crippen molar-refractivity contribution >= 4 is 44.2 Å². The van der Waals surface area contributed by atoms with E-state index in [9.17, 15) is 13.2 Å². The highest BCUT2D eigenvalue weighted by molar-refractivity contribution is 7.89. The third-order valence-corrected chi connectivity index (χ3v) is 9.52. The predicted molar refractivity (Wildman–Crippen MR) is 145 cm³/mol. The van der Waals surface area contributed by atoms with Crippen molar-refractivity contribution in [3.8, 4) is 11.5 Å². The van der Waals surface area contributed by atoms with E-state index >= 15 is 0 Å². The summed E-state index contributed by atoms with van der Waals surface area (Å²) in [6.07, 6.45) is 2.61. The Labute approximate surface area is 229 Å². The van der Waals surface area contributed by atoms with Gasteiger partial charge in [0.05, 0.1) is 31.8 Å². The number of ether oxygens (including phenoxy) is 2. The molecular formula is C27H26N6O6S. The lowest BCUT2D eigenvalue weighted by molar-refractivity contribution is -0.118. The largest absolute Gasteiger partial charge is 0.497 e. The minimum absolute atomic E-state index is 0.00717. The molecular weight excluding hydrogens is 536 g/mol. The fraction of sp³-hybridized carbons (Fsp3) is 0.296. The molecule has 1 amide bonds. The van der Waals surface area contributed by atoms with Gasteiger partial charge in [-0.1, -0.05) is 10.5 Å². The smallest absolute Gasteiger partial charge is 0.266 e. The summed E-state index contributed by atoms with van der Waals surface area (Å²) in [7, 11) is -0.785. The van der Waals surface area contributed by atoms with Crippen LogP contribution in [0.5, 0.6) is 11.5 Å². The van der Waals surface area contributed by atoms with E-state index in [0.29, 0.717) is 37.6 Å². The van der Waals surface area contributed by atoms with Gasteiger partial charge in [0.2, 0.25) is 5.91 Å². The Balaban J connectivity index is 1.16. The first-order valence-corrected chi connectivity index (χ1v) is 14.2. The number of sulfonamides is 1. The van der Waals surface area contributed by atoms with E-state index in [4.69, 9.17) is 14.3 Å². The fourth-order valence-electron chi connectivity index (χ4n) is 5.71. The van der Waals surface area contributed by atoms with Crippen molar-refractivity contribution in [3.05, 3.63) is 59.8 Å². The van der Waals surface area contributed by atoms with Gasteiger partial charge >= 0.3 is 0 Å². The molecule has 2 aromatic heterocycles. The monoisotopic (exact) mass is 562 g/mol. The number of nitrogens with zero attached hydrogens (tertiary/aromatic N) is 3. The summed E-state index contributed by atoms with van der Waals surface area (Å²) < 4.78 is 37.5. The van der Waals surface area contributed by atoms with Gasteiger partial charge in [0.25, 0.3) is 10.0 Å². The third-order valence-electron chi connectivity index (χ3n) is 7.88. The summed E-state index contributed by atoms with van der Waals surface area (Å²) >= 11 is 0. The van der Waals surface area contributed by atoms with Crippen LogP contribution in [-0.2, 0) is 25.1 Å². The second kappa shape index (κ2) is 8.91. The molecule has 1 aliphatic carbocycles. The van der Waals surface area contributed by atoms with Crippen LogP contribution < -0.4 is 20.1 Å². The van der Waals surface area contributed by atoms with Crippen LogP contribution in [0.4, 0.5) is 17.3 Å². The fourth-order valence-corrected chi connectivity index (χ4v) is 6.97. The van der Waals surface area contributed by atoms with Crippen LogP contribution in [0.25, 0.3) is 10.9 Å². The molecule has 3 N–H and O–H groups in total. The van der Waals surface area contributed by atoms with Crippen molar-refractivity contribution in [3.63, 3.8) is 0 Å². The first-order chi connectivity index (χ1) is 19.3. The van der Waals surface area contributed by atoms with E-state index in [1.807, 2.05) is 36.4 Å². The van der Waals surface area contributed by atoms with E-state index in [0.717, 1.165) is 37.9 Å². The summed E-state index contributed by atoms with van der Waals surface area (Å²) in [5.41, 5.74) is 3.01. The maximum atomic E-state index is 13.0. The number of anilines is 3. The van der Waals surface area contributed by atoms with E-state index in [1.54, 1.807) is 7.11 Å². The Morgan fingerprint density at radius 2 is 2.00 bits per heavy atom. The minimum atomic E-state index is -3.84. The zero-order valence-corrected chi connectivity index (χ0v) is 22.5. The van der Waals surface area contributed by atoms with Crippen LogP contribution >= 0.6 is 0 Å². The molecule has 0 radical (unpaired) electrons. The number of pyridine rings is 1. The number of aromatic nitrogens is 3. The summed E-state index contributed by atoms with van der Waals surface area (Å²) in [5.74, 6) is 1.82. The maximum Gasteiger partial charge on any atom is 0.266 e. The van der Waals surface area contributed by atoms with Crippen molar-refractivity contribution in [2.24, 2.45) is 0 Å². The standard InChI is InChI=1S/C27H26N6O6S/c1-37-16-5-7-21-19(11-16)27(26(34)29-21)13-20(27)15-4-6-18-22(10-15)31-32-24(18)30-25-23(38-2)12-17(14-28-25)40(35,36)33-8-3-9-39-33/h4-7,10-12,14,20H,3,8-9,13H2,1-2H3,(H,29,34)(H2,28,30,31,32)/t20-,27-/m0/s1. The molecule has 4 aromatic rings. The second-order valence-corrected chi connectivity index (χ2v) is 11.9. The first-order valence-electron chi connectivity index (χ1n) is 12.8. The first kappa shape index (κ1) is 24.8. The molecule has 2 fully saturated rings. The predicted octanol–water partition coefficient (Wildman–Crippen LogP) is 3.42. The highest BCUT2D eigenvalue weighted by atomic mass is 32.2. The molecule has 1 saturated carbocycles. The molecule has 12 nitrogen and oxygen atoms in total. The number of aromatic amines is 1. The van der Waals surface area contributed by atoms with Crippen LogP contribution in [0.2, 0.25) is 0 Å². The van der Waals surface area contributed by atoms with Gasteiger partial charge in [-0.2, -0.15) is 5.10 Å². The molecule has 2 aliphatic heterocycles. The van der Waals surface area contributed by atoms with Gasteiger partial charge in [-0.3, -0.25) is 14.7 Å².